The molecular weight excluding hydrogens is 288 g/mol. The Hall–Kier alpha value is -2.06. The van der Waals surface area contributed by atoms with Crippen molar-refractivity contribution < 1.29 is 17.2 Å². The van der Waals surface area contributed by atoms with Gasteiger partial charge in [-0.05, 0) is 18.2 Å². The van der Waals surface area contributed by atoms with Gasteiger partial charge in [-0.15, -0.1) is 0 Å². The molecule has 1 aromatic heterocycles. The fraction of sp³-hybridized carbons (Fsp3) is 0.0833. The van der Waals surface area contributed by atoms with Gasteiger partial charge in [-0.1, -0.05) is 6.07 Å². The number of hydrogen-bond acceptors (Lipinski definition) is 4. The normalized spacial score (nSPS) is 11.5. The van der Waals surface area contributed by atoms with E-state index in [0.29, 0.717) is 11.8 Å². The quantitative estimate of drug-likeness (QED) is 0.836. The summed E-state index contributed by atoms with van der Waals surface area (Å²) >= 11 is 0. The fourth-order valence-corrected chi connectivity index (χ4v) is 2.59. The van der Waals surface area contributed by atoms with E-state index in [2.05, 4.69) is 9.71 Å². The van der Waals surface area contributed by atoms with E-state index in [1.807, 2.05) is 0 Å². The smallest absolute Gasteiger partial charge is 0.243 e. The summed E-state index contributed by atoms with van der Waals surface area (Å²) in [6.45, 7) is -0.111. The molecule has 0 saturated carbocycles. The van der Waals surface area contributed by atoms with Crippen molar-refractivity contribution in [3.8, 4) is 0 Å². The van der Waals surface area contributed by atoms with Crippen molar-refractivity contribution in [3.63, 3.8) is 0 Å². The number of nitrogens with two attached hydrogens (primary N) is 1. The van der Waals surface area contributed by atoms with E-state index in [4.69, 9.17) is 5.73 Å². The third-order valence-corrected chi connectivity index (χ3v) is 3.93. The topological polar surface area (TPSA) is 85.1 Å². The zero-order chi connectivity index (χ0) is 14.8. The highest BCUT2D eigenvalue weighted by Gasteiger charge is 2.21. The molecule has 0 saturated heterocycles. The summed E-state index contributed by atoms with van der Waals surface area (Å²) in [4.78, 5) is 3.22. The number of benzene rings is 1. The molecule has 1 aromatic carbocycles. The summed E-state index contributed by atoms with van der Waals surface area (Å²) in [5, 5.41) is 0. The molecule has 8 heteroatoms. The van der Waals surface area contributed by atoms with Crippen LogP contribution in [0.25, 0.3) is 0 Å². The Morgan fingerprint density at radius 2 is 1.95 bits per heavy atom. The predicted molar refractivity (Wildman–Crippen MR) is 69.0 cm³/mol. The van der Waals surface area contributed by atoms with Crippen LogP contribution in [0.5, 0.6) is 0 Å². The standard InChI is InChI=1S/C12H11F2N3O2S/c13-9-5-10(14)12(6-11(9)15)20(18,19)17-7-8-3-1-2-4-16-8/h1-6,17H,7,15H2. The largest absolute Gasteiger partial charge is 0.396 e. The number of nitrogens with one attached hydrogen (secondary N) is 1. The summed E-state index contributed by atoms with van der Waals surface area (Å²) in [7, 11) is -4.14. The first-order valence-corrected chi connectivity index (χ1v) is 7.02. The summed E-state index contributed by atoms with van der Waals surface area (Å²) in [6, 6.07) is 6.15. The molecule has 1 heterocycles. The first-order chi connectivity index (χ1) is 9.40. The molecule has 5 nitrogen and oxygen atoms in total. The van der Waals surface area contributed by atoms with Crippen molar-refractivity contribution in [3.05, 3.63) is 53.9 Å². The van der Waals surface area contributed by atoms with Crippen LogP contribution in [0.15, 0.2) is 41.4 Å². The number of nitrogens with zero attached hydrogens (tertiary/aromatic N) is 1. The van der Waals surface area contributed by atoms with Crippen molar-refractivity contribution in [2.45, 2.75) is 11.4 Å². The van der Waals surface area contributed by atoms with Gasteiger partial charge in [0.05, 0.1) is 17.9 Å². The van der Waals surface area contributed by atoms with Gasteiger partial charge in [-0.25, -0.2) is 21.9 Å². The van der Waals surface area contributed by atoms with Crippen LogP contribution >= 0.6 is 0 Å². The minimum Gasteiger partial charge on any atom is -0.396 e. The maximum Gasteiger partial charge on any atom is 0.243 e. The molecule has 0 aliphatic rings. The van der Waals surface area contributed by atoms with E-state index in [0.717, 1.165) is 6.07 Å². The maximum atomic E-state index is 13.5. The van der Waals surface area contributed by atoms with Gasteiger partial charge in [0.15, 0.2) is 0 Å². The molecular formula is C12H11F2N3O2S. The third-order valence-electron chi connectivity index (χ3n) is 2.51. The summed E-state index contributed by atoms with van der Waals surface area (Å²) in [5.74, 6) is -2.21. The number of rotatable bonds is 4. The number of nitrogen functional groups attached to an aromatic ring is 1. The van der Waals surface area contributed by atoms with E-state index in [1.165, 1.54) is 6.20 Å². The number of anilines is 1. The lowest BCUT2D eigenvalue weighted by Crippen LogP contribution is -2.25. The van der Waals surface area contributed by atoms with E-state index in [1.54, 1.807) is 18.2 Å². The van der Waals surface area contributed by atoms with Gasteiger partial charge >= 0.3 is 0 Å². The lowest BCUT2D eigenvalue weighted by molar-refractivity contribution is 0.544. The highest BCUT2D eigenvalue weighted by atomic mass is 32.2. The molecule has 20 heavy (non-hydrogen) atoms. The van der Waals surface area contributed by atoms with Crippen molar-refractivity contribution in [2.75, 3.05) is 5.73 Å². The number of pyridine rings is 1. The Bertz CT molecular complexity index is 721. The first-order valence-electron chi connectivity index (χ1n) is 5.54. The molecule has 0 fully saturated rings. The van der Waals surface area contributed by atoms with Gasteiger partial charge in [-0.3, -0.25) is 4.98 Å². The van der Waals surface area contributed by atoms with Crippen molar-refractivity contribution >= 4 is 15.7 Å². The van der Waals surface area contributed by atoms with Gasteiger partial charge < -0.3 is 5.73 Å². The van der Waals surface area contributed by atoms with Crippen molar-refractivity contribution in [2.24, 2.45) is 0 Å². The molecule has 0 aliphatic carbocycles. The van der Waals surface area contributed by atoms with Crippen LogP contribution in [0.1, 0.15) is 5.69 Å². The summed E-state index contributed by atoms with van der Waals surface area (Å²) in [6.07, 6.45) is 1.50. The number of sulfonamides is 1. The lowest BCUT2D eigenvalue weighted by Gasteiger charge is -2.08. The molecule has 2 aromatic rings. The second-order valence-corrected chi connectivity index (χ2v) is 5.69. The minimum absolute atomic E-state index is 0.111. The summed E-state index contributed by atoms with van der Waals surface area (Å²) < 4.78 is 52.6. The molecule has 0 aliphatic heterocycles. The highest BCUT2D eigenvalue weighted by Crippen LogP contribution is 2.20. The van der Waals surface area contributed by atoms with E-state index >= 15 is 0 Å². The van der Waals surface area contributed by atoms with Gasteiger partial charge in [0.25, 0.3) is 0 Å². The van der Waals surface area contributed by atoms with Gasteiger partial charge in [0, 0.05) is 12.3 Å². The predicted octanol–water partition coefficient (Wildman–Crippen LogP) is 1.42. The molecule has 2 rings (SSSR count). The zero-order valence-electron chi connectivity index (χ0n) is 10.2. The van der Waals surface area contributed by atoms with Crippen LogP contribution in [0, 0.1) is 11.6 Å². The van der Waals surface area contributed by atoms with Crippen LogP contribution in [0.4, 0.5) is 14.5 Å². The zero-order valence-corrected chi connectivity index (χ0v) is 11.0. The molecule has 0 radical (unpaired) electrons. The molecule has 0 atom stereocenters. The Labute approximate surface area is 114 Å². The van der Waals surface area contributed by atoms with Crippen LogP contribution in [0.2, 0.25) is 0 Å². The highest BCUT2D eigenvalue weighted by molar-refractivity contribution is 7.89. The summed E-state index contributed by atoms with van der Waals surface area (Å²) in [5.41, 5.74) is 5.27. The van der Waals surface area contributed by atoms with Crippen molar-refractivity contribution in [1.29, 1.82) is 0 Å². The molecule has 106 valence electrons. The van der Waals surface area contributed by atoms with Crippen molar-refractivity contribution in [1.82, 2.24) is 9.71 Å². The number of aromatic nitrogens is 1. The van der Waals surface area contributed by atoms with Crippen LogP contribution in [-0.2, 0) is 16.6 Å². The van der Waals surface area contributed by atoms with E-state index in [-0.39, 0.29) is 6.54 Å². The van der Waals surface area contributed by atoms with E-state index in [9.17, 15) is 17.2 Å². The fourth-order valence-electron chi connectivity index (χ4n) is 1.50. The molecule has 3 N–H and O–H groups in total. The Morgan fingerprint density at radius 3 is 2.60 bits per heavy atom. The second-order valence-electron chi connectivity index (χ2n) is 3.95. The molecule has 0 spiro atoms. The Morgan fingerprint density at radius 1 is 1.20 bits per heavy atom. The lowest BCUT2D eigenvalue weighted by atomic mass is 10.3. The average Bonchev–Trinajstić information content (AvgIpc) is 2.42. The average molecular weight is 299 g/mol. The van der Waals surface area contributed by atoms with Crippen LogP contribution in [0.3, 0.4) is 0 Å². The van der Waals surface area contributed by atoms with Gasteiger partial charge in [0.2, 0.25) is 10.0 Å². The SMILES string of the molecule is Nc1cc(S(=O)(=O)NCc2ccccn2)c(F)cc1F. The Kier molecular flexibility index (Phi) is 3.96. The number of hydrogen-bond donors (Lipinski definition) is 2. The minimum atomic E-state index is -4.14. The van der Waals surface area contributed by atoms with Crippen LogP contribution < -0.4 is 10.5 Å². The van der Waals surface area contributed by atoms with Gasteiger partial charge in [-0.2, -0.15) is 0 Å². The second kappa shape index (κ2) is 5.51. The molecule has 0 bridgehead atoms. The molecule has 0 unspecified atom stereocenters. The maximum absolute atomic E-state index is 13.5. The third kappa shape index (κ3) is 3.09. The van der Waals surface area contributed by atoms with E-state index < -0.39 is 32.2 Å². The first kappa shape index (κ1) is 14.4. The van der Waals surface area contributed by atoms with Gasteiger partial charge in [0.1, 0.15) is 16.5 Å². The Balaban J connectivity index is 2.25. The number of halogens is 2. The molecule has 0 amide bonds. The van der Waals surface area contributed by atoms with Crippen LogP contribution in [-0.4, -0.2) is 13.4 Å². The monoisotopic (exact) mass is 299 g/mol.